The topological polar surface area (TPSA) is 22.0 Å². The first kappa shape index (κ1) is 15.4. The van der Waals surface area contributed by atoms with Gasteiger partial charge in [0.15, 0.2) is 5.78 Å². The molecular weight excluding hydrogens is 342 g/mol. The minimum absolute atomic E-state index is 0.132. The van der Waals surface area contributed by atoms with Crippen molar-refractivity contribution in [3.05, 3.63) is 108 Å². The van der Waals surface area contributed by atoms with Gasteiger partial charge in [0.05, 0.1) is 5.52 Å². The van der Waals surface area contributed by atoms with Gasteiger partial charge in [0.1, 0.15) is 0 Å². The first-order valence-electron chi connectivity index (χ1n) is 9.54. The lowest BCUT2D eigenvalue weighted by molar-refractivity contribution is 0.104. The molecule has 0 bridgehead atoms. The second-order valence-electron chi connectivity index (χ2n) is 7.38. The molecule has 0 saturated heterocycles. The van der Waals surface area contributed by atoms with Crippen molar-refractivity contribution in [3.8, 4) is 11.1 Å². The third-order valence-corrected chi connectivity index (χ3v) is 5.80. The van der Waals surface area contributed by atoms with Crippen LogP contribution in [0.2, 0.25) is 0 Å². The van der Waals surface area contributed by atoms with E-state index in [9.17, 15) is 4.79 Å². The van der Waals surface area contributed by atoms with E-state index < -0.39 is 0 Å². The molecule has 1 aliphatic rings. The van der Waals surface area contributed by atoms with Crippen molar-refractivity contribution in [3.63, 3.8) is 0 Å². The highest BCUT2D eigenvalue weighted by Gasteiger charge is 2.27. The molecule has 1 aliphatic carbocycles. The zero-order valence-corrected chi connectivity index (χ0v) is 15.2. The second-order valence-corrected chi connectivity index (χ2v) is 7.38. The molecule has 1 heterocycles. The van der Waals surface area contributed by atoms with Crippen LogP contribution in [-0.2, 0) is 6.54 Å². The van der Waals surface area contributed by atoms with E-state index in [1.165, 1.54) is 22.0 Å². The van der Waals surface area contributed by atoms with E-state index in [-0.39, 0.29) is 5.78 Å². The molecule has 5 aromatic rings. The van der Waals surface area contributed by atoms with Crippen LogP contribution >= 0.6 is 0 Å². The lowest BCUT2D eigenvalue weighted by Gasteiger charge is -2.09. The number of hydrogen-bond acceptors (Lipinski definition) is 1. The smallest absolute Gasteiger partial charge is 0.194 e. The Balaban J connectivity index is 1.68. The van der Waals surface area contributed by atoms with E-state index >= 15 is 0 Å². The van der Waals surface area contributed by atoms with Gasteiger partial charge in [0.2, 0.25) is 0 Å². The number of benzene rings is 4. The maximum Gasteiger partial charge on any atom is 0.194 e. The molecule has 6 rings (SSSR count). The van der Waals surface area contributed by atoms with Crippen LogP contribution in [0.4, 0.5) is 0 Å². The molecule has 0 aliphatic heterocycles. The van der Waals surface area contributed by atoms with Crippen LogP contribution in [0, 0.1) is 0 Å². The summed E-state index contributed by atoms with van der Waals surface area (Å²) in [5, 5.41) is 2.34. The Morgan fingerprint density at radius 1 is 0.571 bits per heavy atom. The molecule has 1 aromatic heterocycles. The molecule has 132 valence electrons. The maximum atomic E-state index is 13.0. The minimum atomic E-state index is 0.132. The number of ketones is 1. The third kappa shape index (κ3) is 2.06. The van der Waals surface area contributed by atoms with E-state index in [2.05, 4.69) is 71.3 Å². The van der Waals surface area contributed by atoms with Gasteiger partial charge in [-0.25, -0.2) is 0 Å². The third-order valence-electron chi connectivity index (χ3n) is 5.80. The summed E-state index contributed by atoms with van der Waals surface area (Å²) in [5.41, 5.74) is 7.35. The number of aromatic nitrogens is 1. The molecular formula is C26H17NO. The highest BCUT2D eigenvalue weighted by Crippen LogP contribution is 2.41. The number of nitrogens with zero attached hydrogens (tertiary/aromatic N) is 1. The van der Waals surface area contributed by atoms with E-state index in [1.807, 2.05) is 24.3 Å². The summed E-state index contributed by atoms with van der Waals surface area (Å²) < 4.78 is 2.37. The first-order chi connectivity index (χ1) is 13.8. The summed E-state index contributed by atoms with van der Waals surface area (Å²) in [4.78, 5) is 13.0. The lowest BCUT2D eigenvalue weighted by Crippen LogP contribution is -1.99. The second kappa shape index (κ2) is 5.67. The van der Waals surface area contributed by atoms with Crippen molar-refractivity contribution in [1.29, 1.82) is 0 Å². The van der Waals surface area contributed by atoms with Crippen molar-refractivity contribution in [2.24, 2.45) is 0 Å². The Bertz CT molecular complexity index is 1390. The van der Waals surface area contributed by atoms with Crippen molar-refractivity contribution >= 4 is 27.6 Å². The highest BCUT2D eigenvalue weighted by molar-refractivity contribution is 6.24. The van der Waals surface area contributed by atoms with E-state index in [4.69, 9.17) is 0 Å². The summed E-state index contributed by atoms with van der Waals surface area (Å²) >= 11 is 0. The standard InChI is InChI=1S/C26H17NO/c28-26-20-12-5-4-10-18(20)21-15-25-22(14-23(21)26)19-11-6-7-13-24(19)27(25)16-17-8-2-1-3-9-17/h1-15H,16H2. The van der Waals surface area contributed by atoms with Gasteiger partial charge >= 0.3 is 0 Å². The molecule has 0 N–H and O–H groups in total. The molecule has 28 heavy (non-hydrogen) atoms. The van der Waals surface area contributed by atoms with Gasteiger partial charge in [-0.1, -0.05) is 72.8 Å². The molecule has 4 aromatic carbocycles. The Kier molecular flexibility index (Phi) is 3.12. The Morgan fingerprint density at radius 2 is 1.29 bits per heavy atom. The van der Waals surface area contributed by atoms with Gasteiger partial charge in [0, 0.05) is 34.0 Å². The van der Waals surface area contributed by atoms with Crippen LogP contribution < -0.4 is 0 Å². The van der Waals surface area contributed by atoms with E-state index in [0.717, 1.165) is 34.2 Å². The van der Waals surface area contributed by atoms with Crippen LogP contribution in [0.3, 0.4) is 0 Å². The fraction of sp³-hybridized carbons (Fsp3) is 0.0385. The zero-order valence-electron chi connectivity index (χ0n) is 15.2. The highest BCUT2D eigenvalue weighted by atomic mass is 16.1. The van der Waals surface area contributed by atoms with E-state index in [0.29, 0.717) is 0 Å². The number of fused-ring (bicyclic) bond motifs is 6. The summed E-state index contributed by atoms with van der Waals surface area (Å²) in [6, 6.07) is 31.2. The SMILES string of the molecule is O=C1c2ccccc2-c2cc3c(cc21)c1ccccc1n3Cc1ccccc1. The predicted molar refractivity (Wildman–Crippen MR) is 114 cm³/mol. The van der Waals surface area contributed by atoms with Gasteiger partial charge < -0.3 is 4.57 Å². The number of hydrogen-bond donors (Lipinski definition) is 0. The summed E-state index contributed by atoms with van der Waals surface area (Å²) in [5.74, 6) is 0.132. The van der Waals surface area contributed by atoms with Gasteiger partial charge in [-0.05, 0) is 34.9 Å². The molecule has 0 amide bonds. The number of carbonyl (C=O) groups is 1. The fourth-order valence-corrected chi connectivity index (χ4v) is 4.50. The van der Waals surface area contributed by atoms with Gasteiger partial charge in [-0.3, -0.25) is 4.79 Å². The van der Waals surface area contributed by atoms with Gasteiger partial charge in [0.25, 0.3) is 0 Å². The van der Waals surface area contributed by atoms with Gasteiger partial charge in [-0.2, -0.15) is 0 Å². The van der Waals surface area contributed by atoms with Crippen molar-refractivity contribution in [2.75, 3.05) is 0 Å². The molecule has 0 saturated carbocycles. The van der Waals surface area contributed by atoms with Crippen LogP contribution in [0.15, 0.2) is 91.0 Å². The Labute approximate surface area is 162 Å². The molecule has 2 nitrogen and oxygen atoms in total. The average molecular weight is 359 g/mol. The average Bonchev–Trinajstić information content (AvgIpc) is 3.21. The van der Waals surface area contributed by atoms with Gasteiger partial charge in [-0.15, -0.1) is 0 Å². The van der Waals surface area contributed by atoms with Crippen LogP contribution in [0.5, 0.6) is 0 Å². The quantitative estimate of drug-likeness (QED) is 0.369. The van der Waals surface area contributed by atoms with Crippen molar-refractivity contribution in [2.45, 2.75) is 6.54 Å². The van der Waals surface area contributed by atoms with Crippen molar-refractivity contribution < 1.29 is 4.79 Å². The maximum absolute atomic E-state index is 13.0. The zero-order chi connectivity index (χ0) is 18.7. The molecule has 0 atom stereocenters. The minimum Gasteiger partial charge on any atom is -0.336 e. The molecule has 0 spiro atoms. The normalized spacial score (nSPS) is 12.5. The van der Waals surface area contributed by atoms with E-state index in [1.54, 1.807) is 0 Å². The number of carbonyl (C=O) groups excluding carboxylic acids is 1. The largest absolute Gasteiger partial charge is 0.336 e. The lowest BCUT2D eigenvalue weighted by atomic mass is 10.0. The molecule has 0 unspecified atom stereocenters. The van der Waals surface area contributed by atoms with Crippen LogP contribution in [-0.4, -0.2) is 10.4 Å². The molecule has 0 radical (unpaired) electrons. The Morgan fingerprint density at radius 3 is 2.14 bits per heavy atom. The number of para-hydroxylation sites is 1. The van der Waals surface area contributed by atoms with Crippen molar-refractivity contribution in [1.82, 2.24) is 4.57 Å². The molecule has 2 heteroatoms. The van der Waals surface area contributed by atoms with Crippen LogP contribution in [0.25, 0.3) is 32.9 Å². The van der Waals surface area contributed by atoms with Crippen LogP contribution in [0.1, 0.15) is 21.5 Å². The summed E-state index contributed by atoms with van der Waals surface area (Å²) in [7, 11) is 0. The predicted octanol–water partition coefficient (Wildman–Crippen LogP) is 6.05. The molecule has 0 fully saturated rings. The Hall–Kier alpha value is -3.65. The summed E-state index contributed by atoms with van der Waals surface area (Å²) in [6.07, 6.45) is 0. The monoisotopic (exact) mass is 359 g/mol. The summed E-state index contributed by atoms with van der Waals surface area (Å²) in [6.45, 7) is 0.805. The fourth-order valence-electron chi connectivity index (χ4n) is 4.50. The number of rotatable bonds is 2. The first-order valence-corrected chi connectivity index (χ1v) is 9.54.